The Balaban J connectivity index is 2.10. The average molecular weight is 307 g/mol. The molecule has 3 unspecified atom stereocenters. The molecule has 1 fully saturated rings. The van der Waals surface area contributed by atoms with Gasteiger partial charge < -0.3 is 10.1 Å². The zero-order valence-electron chi connectivity index (χ0n) is 10.9. The lowest BCUT2D eigenvalue weighted by Crippen LogP contribution is -2.30. The number of hydrogen-bond acceptors (Lipinski definition) is 3. The normalized spacial score (nSPS) is 27.9. The van der Waals surface area contributed by atoms with Crippen molar-refractivity contribution < 1.29 is 22.1 Å². The van der Waals surface area contributed by atoms with Crippen molar-refractivity contribution in [3.05, 3.63) is 29.8 Å². The lowest BCUT2D eigenvalue weighted by atomic mass is 10.1. The van der Waals surface area contributed by atoms with Crippen LogP contribution in [0.25, 0.3) is 0 Å². The van der Waals surface area contributed by atoms with Gasteiger partial charge in [0.2, 0.25) is 0 Å². The first-order valence-electron chi connectivity index (χ1n) is 6.30. The van der Waals surface area contributed by atoms with Gasteiger partial charge in [0, 0.05) is 34.4 Å². The molecule has 3 atom stereocenters. The molecule has 0 saturated carbocycles. The van der Waals surface area contributed by atoms with E-state index in [1.807, 2.05) is 6.92 Å². The maximum Gasteiger partial charge on any atom is 0.573 e. The van der Waals surface area contributed by atoms with Crippen molar-refractivity contribution in [3.63, 3.8) is 0 Å². The van der Waals surface area contributed by atoms with Gasteiger partial charge in [-0.15, -0.1) is 13.2 Å². The van der Waals surface area contributed by atoms with Gasteiger partial charge in [-0.25, -0.2) is 0 Å². The molecular formula is C13H16F3NO2S. The Bertz CT molecular complexity index is 475. The highest BCUT2D eigenvalue weighted by Crippen LogP contribution is 2.25. The van der Waals surface area contributed by atoms with E-state index < -0.39 is 17.2 Å². The monoisotopic (exact) mass is 307 g/mol. The van der Waals surface area contributed by atoms with E-state index in [0.29, 0.717) is 11.5 Å². The third-order valence-corrected chi connectivity index (χ3v) is 4.53. The molecule has 1 N–H and O–H groups in total. The molecule has 1 aliphatic rings. The maximum atomic E-state index is 12.1. The van der Waals surface area contributed by atoms with Gasteiger partial charge in [-0.2, -0.15) is 0 Å². The van der Waals surface area contributed by atoms with Crippen molar-refractivity contribution in [2.45, 2.75) is 31.8 Å². The zero-order chi connectivity index (χ0) is 14.8. The minimum absolute atomic E-state index is 0.103. The van der Waals surface area contributed by atoms with E-state index in [4.69, 9.17) is 0 Å². The van der Waals surface area contributed by atoms with Crippen LogP contribution in [0.3, 0.4) is 0 Å². The van der Waals surface area contributed by atoms with Gasteiger partial charge in [0.1, 0.15) is 5.75 Å². The fourth-order valence-corrected chi connectivity index (χ4v) is 3.59. The Kier molecular flexibility index (Phi) is 4.70. The van der Waals surface area contributed by atoms with Crippen LogP contribution >= 0.6 is 0 Å². The van der Waals surface area contributed by atoms with Crippen LogP contribution in [0.15, 0.2) is 24.3 Å². The number of nitrogens with one attached hydrogen (secondary N) is 1. The van der Waals surface area contributed by atoms with E-state index in [0.717, 1.165) is 12.0 Å². The van der Waals surface area contributed by atoms with Crippen molar-refractivity contribution in [3.8, 4) is 5.75 Å². The van der Waals surface area contributed by atoms with Crippen molar-refractivity contribution >= 4 is 10.8 Å². The minimum atomic E-state index is -4.68. The van der Waals surface area contributed by atoms with Gasteiger partial charge in [-0.3, -0.25) is 4.21 Å². The lowest BCUT2D eigenvalue weighted by molar-refractivity contribution is -0.274. The molecule has 1 saturated heterocycles. The SMILES string of the molecule is CC1CCS(=O)CC(c2ccc(OC(F)(F)F)cc2)N1. The highest BCUT2D eigenvalue weighted by Gasteiger charge is 2.31. The molecule has 112 valence electrons. The minimum Gasteiger partial charge on any atom is -0.406 e. The van der Waals surface area contributed by atoms with E-state index in [1.165, 1.54) is 12.1 Å². The summed E-state index contributed by atoms with van der Waals surface area (Å²) >= 11 is 0. The molecule has 1 aliphatic heterocycles. The molecule has 1 heterocycles. The lowest BCUT2D eigenvalue weighted by Gasteiger charge is -2.19. The fourth-order valence-electron chi connectivity index (χ4n) is 2.15. The second-order valence-electron chi connectivity index (χ2n) is 4.84. The van der Waals surface area contributed by atoms with Gasteiger partial charge in [0.25, 0.3) is 0 Å². The predicted octanol–water partition coefficient (Wildman–Crippen LogP) is 2.76. The van der Waals surface area contributed by atoms with E-state index >= 15 is 0 Å². The van der Waals surface area contributed by atoms with Crippen LogP contribution in [0.2, 0.25) is 0 Å². The van der Waals surface area contributed by atoms with Crippen LogP contribution in [0.1, 0.15) is 24.9 Å². The molecule has 0 amide bonds. The number of benzene rings is 1. The van der Waals surface area contributed by atoms with Crippen LogP contribution in [0.5, 0.6) is 5.75 Å². The molecule has 7 heteroatoms. The molecule has 0 radical (unpaired) electrons. The molecule has 1 aromatic carbocycles. The standard InChI is InChI=1S/C13H16F3NO2S/c1-9-6-7-20(18)8-12(17-9)10-2-4-11(5-3-10)19-13(14,15)16/h2-5,9,12,17H,6-8H2,1H3. The topological polar surface area (TPSA) is 38.3 Å². The first kappa shape index (κ1) is 15.3. The number of alkyl halides is 3. The van der Waals surface area contributed by atoms with Gasteiger partial charge >= 0.3 is 6.36 Å². The summed E-state index contributed by atoms with van der Waals surface area (Å²) in [4.78, 5) is 0. The Morgan fingerprint density at radius 1 is 1.30 bits per heavy atom. The summed E-state index contributed by atoms with van der Waals surface area (Å²) in [5.74, 6) is 0.882. The molecule has 0 spiro atoms. The van der Waals surface area contributed by atoms with Crippen LogP contribution in [0, 0.1) is 0 Å². The van der Waals surface area contributed by atoms with Gasteiger partial charge in [-0.1, -0.05) is 12.1 Å². The molecule has 0 bridgehead atoms. The molecule has 0 aliphatic carbocycles. The van der Waals surface area contributed by atoms with Crippen molar-refractivity contribution in [2.24, 2.45) is 0 Å². The number of hydrogen-bond donors (Lipinski definition) is 1. The third-order valence-electron chi connectivity index (χ3n) is 3.13. The summed E-state index contributed by atoms with van der Waals surface area (Å²) < 4.78 is 51.8. The summed E-state index contributed by atoms with van der Waals surface area (Å²) in [7, 11) is -0.904. The van der Waals surface area contributed by atoms with Crippen LogP contribution in [-0.4, -0.2) is 28.1 Å². The molecule has 1 aromatic rings. The van der Waals surface area contributed by atoms with Crippen molar-refractivity contribution in [1.29, 1.82) is 0 Å². The van der Waals surface area contributed by atoms with E-state index in [9.17, 15) is 17.4 Å². The summed E-state index contributed by atoms with van der Waals surface area (Å²) in [6.07, 6.45) is -3.85. The van der Waals surface area contributed by atoms with Crippen molar-refractivity contribution in [1.82, 2.24) is 5.32 Å². The highest BCUT2D eigenvalue weighted by molar-refractivity contribution is 7.85. The van der Waals surface area contributed by atoms with Gasteiger partial charge in [0.15, 0.2) is 0 Å². The average Bonchev–Trinajstić information content (AvgIpc) is 2.50. The van der Waals surface area contributed by atoms with Crippen molar-refractivity contribution in [2.75, 3.05) is 11.5 Å². The zero-order valence-corrected chi connectivity index (χ0v) is 11.8. The summed E-state index contributed by atoms with van der Waals surface area (Å²) in [6.45, 7) is 2.01. The highest BCUT2D eigenvalue weighted by atomic mass is 32.2. The van der Waals surface area contributed by atoms with E-state index in [-0.39, 0.29) is 17.8 Å². The first-order chi connectivity index (χ1) is 9.33. The van der Waals surface area contributed by atoms with Crippen LogP contribution in [0.4, 0.5) is 13.2 Å². The largest absolute Gasteiger partial charge is 0.573 e. The Morgan fingerprint density at radius 3 is 2.55 bits per heavy atom. The quantitative estimate of drug-likeness (QED) is 0.913. The molecular weight excluding hydrogens is 291 g/mol. The smallest absolute Gasteiger partial charge is 0.406 e. The van der Waals surface area contributed by atoms with Crippen LogP contribution in [-0.2, 0) is 10.8 Å². The summed E-state index contributed by atoms with van der Waals surface area (Å²) in [5, 5.41) is 3.34. The Hall–Kier alpha value is -1.08. The summed E-state index contributed by atoms with van der Waals surface area (Å²) in [5.41, 5.74) is 0.821. The molecule has 2 rings (SSSR count). The third kappa shape index (κ3) is 4.49. The number of rotatable bonds is 2. The molecule has 3 nitrogen and oxygen atoms in total. The Labute approximate surface area is 118 Å². The predicted molar refractivity (Wildman–Crippen MR) is 71.0 cm³/mol. The fraction of sp³-hybridized carbons (Fsp3) is 0.538. The first-order valence-corrected chi connectivity index (χ1v) is 7.79. The van der Waals surface area contributed by atoms with Gasteiger partial charge in [-0.05, 0) is 31.0 Å². The van der Waals surface area contributed by atoms with Gasteiger partial charge in [0.05, 0.1) is 0 Å². The second kappa shape index (κ2) is 6.13. The summed E-state index contributed by atoms with van der Waals surface area (Å²) in [6, 6.07) is 5.85. The Morgan fingerprint density at radius 2 is 1.95 bits per heavy atom. The van der Waals surface area contributed by atoms with E-state index in [2.05, 4.69) is 10.1 Å². The van der Waals surface area contributed by atoms with E-state index in [1.54, 1.807) is 12.1 Å². The number of halogens is 3. The molecule has 20 heavy (non-hydrogen) atoms. The molecule has 0 aromatic heterocycles. The second-order valence-corrected chi connectivity index (χ2v) is 6.46. The number of ether oxygens (including phenoxy) is 1. The maximum absolute atomic E-state index is 12.1. The van der Waals surface area contributed by atoms with Crippen LogP contribution < -0.4 is 10.1 Å².